The topological polar surface area (TPSA) is 38.9 Å². The van der Waals surface area contributed by atoms with Crippen molar-refractivity contribution in [3.8, 4) is 0 Å². The highest BCUT2D eigenvalue weighted by molar-refractivity contribution is 6.16. The van der Waals surface area contributed by atoms with Gasteiger partial charge in [0, 0.05) is 0 Å². The molecule has 18 heavy (non-hydrogen) atoms. The van der Waals surface area contributed by atoms with Crippen molar-refractivity contribution in [3.63, 3.8) is 0 Å². The van der Waals surface area contributed by atoms with Gasteiger partial charge in [0.05, 0.1) is 6.42 Å². The highest BCUT2D eigenvalue weighted by Crippen LogP contribution is 2.17. The minimum absolute atomic E-state index is 0.255. The van der Waals surface area contributed by atoms with E-state index in [0.717, 1.165) is 5.56 Å². The van der Waals surface area contributed by atoms with Gasteiger partial charge in [-0.25, -0.2) is 0 Å². The Hall–Kier alpha value is -1.87. The van der Waals surface area contributed by atoms with Gasteiger partial charge in [0.1, 0.15) is 5.88 Å². The smallest absolute Gasteiger partial charge is 0.231 e. The molecule has 1 aromatic heterocycles. The van der Waals surface area contributed by atoms with Crippen molar-refractivity contribution < 1.29 is 4.42 Å². The third-order valence-electron chi connectivity index (χ3n) is 2.79. The summed E-state index contributed by atoms with van der Waals surface area (Å²) in [7, 11) is 0. The van der Waals surface area contributed by atoms with Crippen molar-refractivity contribution in [2.75, 3.05) is 0 Å². The monoisotopic (exact) mass is 258 g/mol. The molecule has 4 heteroatoms. The molecule has 0 amide bonds. The molecule has 0 aliphatic rings. The average Bonchev–Trinajstić information content (AvgIpc) is 2.86. The predicted molar refractivity (Wildman–Crippen MR) is 70.6 cm³/mol. The molecule has 2 aromatic carbocycles. The van der Waals surface area contributed by atoms with Crippen molar-refractivity contribution in [2.24, 2.45) is 0 Å². The van der Waals surface area contributed by atoms with Crippen LogP contribution in [0.25, 0.3) is 10.8 Å². The Morgan fingerprint density at radius 2 is 1.72 bits per heavy atom. The molecule has 0 radical (unpaired) electrons. The predicted octanol–water partition coefficient (Wildman–Crippen LogP) is 3.55. The molecule has 3 aromatic rings. The Morgan fingerprint density at radius 3 is 2.50 bits per heavy atom. The SMILES string of the molecule is ClCc1nnc(Cc2ccc3ccccc3c2)o1. The van der Waals surface area contributed by atoms with Crippen LogP contribution >= 0.6 is 11.6 Å². The summed E-state index contributed by atoms with van der Waals surface area (Å²) < 4.78 is 5.39. The number of hydrogen-bond acceptors (Lipinski definition) is 3. The fraction of sp³-hybridized carbons (Fsp3) is 0.143. The van der Waals surface area contributed by atoms with Gasteiger partial charge in [-0.15, -0.1) is 21.8 Å². The van der Waals surface area contributed by atoms with E-state index in [4.69, 9.17) is 16.0 Å². The van der Waals surface area contributed by atoms with Crippen molar-refractivity contribution >= 4 is 22.4 Å². The standard InChI is InChI=1S/C14H11ClN2O/c15-9-14-17-16-13(18-14)8-10-5-6-11-3-1-2-4-12(11)7-10/h1-7H,8-9H2. The number of hydrogen-bond donors (Lipinski definition) is 0. The highest BCUT2D eigenvalue weighted by Gasteiger charge is 2.06. The van der Waals surface area contributed by atoms with E-state index in [1.807, 2.05) is 12.1 Å². The molecule has 0 unspecified atom stereocenters. The molecule has 0 N–H and O–H groups in total. The van der Waals surface area contributed by atoms with E-state index in [9.17, 15) is 0 Å². The first-order valence-electron chi connectivity index (χ1n) is 5.70. The van der Waals surface area contributed by atoms with E-state index in [0.29, 0.717) is 18.2 Å². The number of rotatable bonds is 3. The lowest BCUT2D eigenvalue weighted by Gasteiger charge is -2.01. The van der Waals surface area contributed by atoms with Crippen LogP contribution in [0.5, 0.6) is 0 Å². The molecule has 90 valence electrons. The lowest BCUT2D eigenvalue weighted by molar-refractivity contribution is 0.473. The summed E-state index contributed by atoms with van der Waals surface area (Å²) in [5.41, 5.74) is 1.15. The average molecular weight is 259 g/mol. The van der Waals surface area contributed by atoms with E-state index in [1.54, 1.807) is 0 Å². The zero-order valence-electron chi connectivity index (χ0n) is 9.64. The van der Waals surface area contributed by atoms with Crippen LogP contribution in [0, 0.1) is 0 Å². The maximum Gasteiger partial charge on any atom is 0.231 e. The van der Waals surface area contributed by atoms with Gasteiger partial charge in [0.15, 0.2) is 0 Å². The van der Waals surface area contributed by atoms with E-state index < -0.39 is 0 Å². The molecule has 0 aliphatic carbocycles. The number of fused-ring (bicyclic) bond motifs is 1. The lowest BCUT2D eigenvalue weighted by Crippen LogP contribution is -1.88. The molecule has 0 aliphatic heterocycles. The van der Waals surface area contributed by atoms with Gasteiger partial charge < -0.3 is 4.42 Å². The van der Waals surface area contributed by atoms with Crippen LogP contribution in [0.3, 0.4) is 0 Å². The van der Waals surface area contributed by atoms with Crippen LogP contribution in [0.4, 0.5) is 0 Å². The Morgan fingerprint density at radius 1 is 0.944 bits per heavy atom. The normalized spacial score (nSPS) is 10.9. The number of nitrogens with zero attached hydrogens (tertiary/aromatic N) is 2. The number of aromatic nitrogens is 2. The Bertz CT molecular complexity index is 678. The molecular formula is C14H11ClN2O. The first-order chi connectivity index (χ1) is 8.85. The van der Waals surface area contributed by atoms with Gasteiger partial charge in [-0.3, -0.25) is 0 Å². The number of benzene rings is 2. The van der Waals surface area contributed by atoms with Crippen LogP contribution < -0.4 is 0 Å². The Balaban J connectivity index is 1.90. The van der Waals surface area contributed by atoms with Gasteiger partial charge in [-0.2, -0.15) is 0 Å². The maximum absolute atomic E-state index is 5.63. The quantitative estimate of drug-likeness (QED) is 0.675. The van der Waals surface area contributed by atoms with Crippen molar-refractivity contribution in [1.82, 2.24) is 10.2 Å². The first kappa shape index (κ1) is 11.2. The molecule has 0 saturated carbocycles. The van der Waals surface area contributed by atoms with Crippen LogP contribution in [0.2, 0.25) is 0 Å². The van der Waals surface area contributed by atoms with Crippen molar-refractivity contribution in [3.05, 3.63) is 59.8 Å². The summed E-state index contributed by atoms with van der Waals surface area (Å²) in [6, 6.07) is 14.6. The van der Waals surface area contributed by atoms with E-state index in [2.05, 4.69) is 40.5 Å². The number of halogens is 1. The summed E-state index contributed by atoms with van der Waals surface area (Å²) in [6.45, 7) is 0. The van der Waals surface area contributed by atoms with Crippen molar-refractivity contribution in [1.29, 1.82) is 0 Å². The van der Waals surface area contributed by atoms with Gasteiger partial charge >= 0.3 is 0 Å². The van der Waals surface area contributed by atoms with Gasteiger partial charge in [-0.1, -0.05) is 42.5 Å². The third kappa shape index (κ3) is 2.22. The second-order valence-electron chi connectivity index (χ2n) is 4.08. The summed E-state index contributed by atoms with van der Waals surface area (Å²) in [6.07, 6.45) is 0.634. The van der Waals surface area contributed by atoms with Gasteiger partial charge in [-0.05, 0) is 16.3 Å². The minimum Gasteiger partial charge on any atom is -0.424 e. The zero-order valence-corrected chi connectivity index (χ0v) is 10.4. The van der Waals surface area contributed by atoms with E-state index >= 15 is 0 Å². The zero-order chi connectivity index (χ0) is 12.4. The fourth-order valence-electron chi connectivity index (χ4n) is 1.94. The molecule has 0 fully saturated rings. The van der Waals surface area contributed by atoms with E-state index in [1.165, 1.54) is 10.8 Å². The molecule has 0 atom stereocenters. The van der Waals surface area contributed by atoms with Crippen LogP contribution in [-0.2, 0) is 12.3 Å². The van der Waals surface area contributed by atoms with E-state index in [-0.39, 0.29) is 5.88 Å². The molecule has 3 nitrogen and oxygen atoms in total. The van der Waals surface area contributed by atoms with Crippen LogP contribution in [-0.4, -0.2) is 10.2 Å². The summed E-state index contributed by atoms with van der Waals surface area (Å²) >= 11 is 5.63. The summed E-state index contributed by atoms with van der Waals surface area (Å²) in [5, 5.41) is 10.3. The van der Waals surface area contributed by atoms with Crippen molar-refractivity contribution in [2.45, 2.75) is 12.3 Å². The first-order valence-corrected chi connectivity index (χ1v) is 6.23. The molecule has 0 bridgehead atoms. The lowest BCUT2D eigenvalue weighted by atomic mass is 10.1. The molecule has 0 saturated heterocycles. The van der Waals surface area contributed by atoms with Crippen LogP contribution in [0.15, 0.2) is 46.9 Å². The van der Waals surface area contributed by atoms with Gasteiger partial charge in [0.25, 0.3) is 0 Å². The second-order valence-corrected chi connectivity index (χ2v) is 4.35. The largest absolute Gasteiger partial charge is 0.424 e. The molecule has 0 spiro atoms. The fourth-order valence-corrected chi connectivity index (χ4v) is 2.05. The summed E-state index contributed by atoms with van der Waals surface area (Å²) in [5.74, 6) is 1.32. The highest BCUT2D eigenvalue weighted by atomic mass is 35.5. The molecular weight excluding hydrogens is 248 g/mol. The van der Waals surface area contributed by atoms with Gasteiger partial charge in [0.2, 0.25) is 11.8 Å². The minimum atomic E-state index is 0.255. The second kappa shape index (κ2) is 4.78. The van der Waals surface area contributed by atoms with Crippen LogP contribution in [0.1, 0.15) is 17.3 Å². The number of alkyl halides is 1. The molecule has 3 rings (SSSR count). The Labute approximate surface area is 109 Å². The third-order valence-corrected chi connectivity index (χ3v) is 3.02. The Kier molecular flexibility index (Phi) is 2.99. The molecule has 1 heterocycles. The maximum atomic E-state index is 5.63. The summed E-state index contributed by atoms with van der Waals surface area (Å²) in [4.78, 5) is 0.